The highest BCUT2D eigenvalue weighted by Gasteiger charge is 2.26. The molecule has 0 amide bonds. The molecule has 0 bridgehead atoms. The van der Waals surface area contributed by atoms with E-state index in [1.807, 2.05) is 6.92 Å². The first kappa shape index (κ1) is 15.4. The summed E-state index contributed by atoms with van der Waals surface area (Å²) < 4.78 is 10.4. The van der Waals surface area contributed by atoms with Crippen molar-refractivity contribution >= 4 is 5.97 Å². The van der Waals surface area contributed by atoms with Gasteiger partial charge in [-0.2, -0.15) is 0 Å². The number of carbonyl (C=O) groups is 1. The first-order valence-electron chi connectivity index (χ1n) is 7.15. The molecule has 1 rings (SSSR count). The second-order valence-electron chi connectivity index (χ2n) is 5.26. The summed E-state index contributed by atoms with van der Waals surface area (Å²) in [6, 6.07) is 0. The maximum Gasteiger partial charge on any atom is 0.305 e. The minimum absolute atomic E-state index is 0.0712. The van der Waals surface area contributed by atoms with Crippen LogP contribution in [0.5, 0.6) is 0 Å². The third-order valence-corrected chi connectivity index (χ3v) is 3.35. The molecule has 4 heteroatoms. The molecule has 1 saturated heterocycles. The van der Waals surface area contributed by atoms with Gasteiger partial charge in [0.25, 0.3) is 0 Å². The molecule has 1 aliphatic heterocycles. The van der Waals surface area contributed by atoms with Crippen molar-refractivity contribution in [3.05, 3.63) is 0 Å². The fourth-order valence-electron chi connectivity index (χ4n) is 2.27. The lowest BCUT2D eigenvalue weighted by molar-refractivity contribution is -0.143. The Kier molecular flexibility index (Phi) is 7.28. The van der Waals surface area contributed by atoms with Crippen molar-refractivity contribution < 1.29 is 14.3 Å². The molecular weight excluding hydrogens is 230 g/mol. The second-order valence-corrected chi connectivity index (χ2v) is 5.26. The average Bonchev–Trinajstić information content (AvgIpc) is 2.35. The predicted molar refractivity (Wildman–Crippen MR) is 71.6 cm³/mol. The van der Waals surface area contributed by atoms with Gasteiger partial charge < -0.3 is 14.8 Å². The SMILES string of the molecule is CCOC(=O)CCCCCNC1(C)CCCOC1. The summed E-state index contributed by atoms with van der Waals surface area (Å²) in [7, 11) is 0. The first-order valence-corrected chi connectivity index (χ1v) is 7.15. The molecule has 0 aromatic heterocycles. The zero-order chi connectivity index (χ0) is 13.3. The van der Waals surface area contributed by atoms with Crippen molar-refractivity contribution in [1.82, 2.24) is 5.32 Å². The smallest absolute Gasteiger partial charge is 0.305 e. The van der Waals surface area contributed by atoms with Crippen LogP contribution in [0.2, 0.25) is 0 Å². The molecule has 0 aromatic rings. The van der Waals surface area contributed by atoms with Gasteiger partial charge in [-0.25, -0.2) is 0 Å². The maximum atomic E-state index is 11.1. The van der Waals surface area contributed by atoms with Crippen LogP contribution in [-0.4, -0.2) is 37.9 Å². The Balaban J connectivity index is 1.96. The van der Waals surface area contributed by atoms with Crippen LogP contribution in [0.1, 0.15) is 52.4 Å². The molecule has 0 aromatic carbocycles. The Labute approximate surface area is 110 Å². The van der Waals surface area contributed by atoms with Gasteiger partial charge in [-0.15, -0.1) is 0 Å². The lowest BCUT2D eigenvalue weighted by atomic mass is 9.95. The maximum absolute atomic E-state index is 11.1. The summed E-state index contributed by atoms with van der Waals surface area (Å²) in [5, 5.41) is 3.57. The highest BCUT2D eigenvalue weighted by atomic mass is 16.5. The summed E-state index contributed by atoms with van der Waals surface area (Å²) in [4.78, 5) is 11.1. The lowest BCUT2D eigenvalue weighted by Crippen LogP contribution is -2.49. The second kappa shape index (κ2) is 8.48. The number of rotatable bonds is 8. The van der Waals surface area contributed by atoms with Gasteiger partial charge in [0.1, 0.15) is 0 Å². The first-order chi connectivity index (χ1) is 8.66. The molecule has 0 aliphatic carbocycles. The predicted octanol–water partition coefficient (Wildman–Crippen LogP) is 2.27. The Morgan fingerprint density at radius 3 is 2.89 bits per heavy atom. The highest BCUT2D eigenvalue weighted by molar-refractivity contribution is 5.69. The van der Waals surface area contributed by atoms with Crippen molar-refractivity contribution in [1.29, 1.82) is 0 Å². The summed E-state index contributed by atoms with van der Waals surface area (Å²) >= 11 is 0. The van der Waals surface area contributed by atoms with E-state index in [1.54, 1.807) is 0 Å². The number of carbonyl (C=O) groups excluding carboxylic acids is 1. The molecule has 0 radical (unpaired) electrons. The number of ether oxygens (including phenoxy) is 2. The largest absolute Gasteiger partial charge is 0.466 e. The Hall–Kier alpha value is -0.610. The van der Waals surface area contributed by atoms with Crippen LogP contribution in [0.3, 0.4) is 0 Å². The average molecular weight is 257 g/mol. The number of unbranched alkanes of at least 4 members (excludes halogenated alkanes) is 2. The molecule has 0 saturated carbocycles. The van der Waals surface area contributed by atoms with Gasteiger partial charge >= 0.3 is 5.97 Å². The van der Waals surface area contributed by atoms with E-state index in [9.17, 15) is 4.79 Å². The zero-order valence-corrected chi connectivity index (χ0v) is 11.8. The Bertz CT molecular complexity index is 237. The van der Waals surface area contributed by atoms with Crippen molar-refractivity contribution in [3.8, 4) is 0 Å². The van der Waals surface area contributed by atoms with E-state index in [0.717, 1.165) is 45.4 Å². The fraction of sp³-hybridized carbons (Fsp3) is 0.929. The zero-order valence-electron chi connectivity index (χ0n) is 11.8. The van der Waals surface area contributed by atoms with E-state index in [1.165, 1.54) is 6.42 Å². The molecule has 18 heavy (non-hydrogen) atoms. The van der Waals surface area contributed by atoms with Crippen LogP contribution >= 0.6 is 0 Å². The molecule has 1 atom stereocenters. The Morgan fingerprint density at radius 2 is 2.22 bits per heavy atom. The third kappa shape index (κ3) is 6.36. The number of hydrogen-bond donors (Lipinski definition) is 1. The molecule has 1 fully saturated rings. The lowest BCUT2D eigenvalue weighted by Gasteiger charge is -2.34. The fourth-order valence-corrected chi connectivity index (χ4v) is 2.27. The van der Waals surface area contributed by atoms with E-state index >= 15 is 0 Å². The van der Waals surface area contributed by atoms with Crippen LogP contribution in [-0.2, 0) is 14.3 Å². The molecule has 1 heterocycles. The molecule has 0 spiro atoms. The van der Waals surface area contributed by atoms with Gasteiger partial charge in [0, 0.05) is 18.6 Å². The van der Waals surface area contributed by atoms with Gasteiger partial charge in [0.2, 0.25) is 0 Å². The van der Waals surface area contributed by atoms with Crippen molar-refractivity contribution in [2.75, 3.05) is 26.4 Å². The van der Waals surface area contributed by atoms with Gasteiger partial charge in [-0.3, -0.25) is 4.79 Å². The third-order valence-electron chi connectivity index (χ3n) is 3.35. The van der Waals surface area contributed by atoms with E-state index in [4.69, 9.17) is 9.47 Å². The van der Waals surface area contributed by atoms with E-state index in [-0.39, 0.29) is 11.5 Å². The van der Waals surface area contributed by atoms with Crippen molar-refractivity contribution in [3.63, 3.8) is 0 Å². The van der Waals surface area contributed by atoms with Crippen LogP contribution < -0.4 is 5.32 Å². The van der Waals surface area contributed by atoms with E-state index < -0.39 is 0 Å². The van der Waals surface area contributed by atoms with Gasteiger partial charge in [-0.05, 0) is 46.1 Å². The molecule has 1 aliphatic rings. The molecular formula is C14H27NO3. The normalized spacial score (nSPS) is 23.9. The van der Waals surface area contributed by atoms with Crippen LogP contribution in [0, 0.1) is 0 Å². The van der Waals surface area contributed by atoms with E-state index in [0.29, 0.717) is 13.0 Å². The van der Waals surface area contributed by atoms with Gasteiger partial charge in [-0.1, -0.05) is 6.42 Å². The van der Waals surface area contributed by atoms with Crippen molar-refractivity contribution in [2.24, 2.45) is 0 Å². The highest BCUT2D eigenvalue weighted by Crippen LogP contribution is 2.18. The minimum atomic E-state index is -0.0712. The minimum Gasteiger partial charge on any atom is -0.466 e. The van der Waals surface area contributed by atoms with Crippen LogP contribution in [0.15, 0.2) is 0 Å². The molecule has 1 N–H and O–H groups in total. The van der Waals surface area contributed by atoms with Crippen LogP contribution in [0.4, 0.5) is 0 Å². The number of hydrogen-bond acceptors (Lipinski definition) is 4. The number of esters is 1. The topological polar surface area (TPSA) is 47.6 Å². The summed E-state index contributed by atoms with van der Waals surface area (Å²) in [5.41, 5.74) is 0.152. The van der Waals surface area contributed by atoms with E-state index in [2.05, 4.69) is 12.2 Å². The summed E-state index contributed by atoms with van der Waals surface area (Å²) in [5.74, 6) is -0.0712. The molecule has 106 valence electrons. The summed E-state index contributed by atoms with van der Waals surface area (Å²) in [6.45, 7) is 7.27. The van der Waals surface area contributed by atoms with Crippen molar-refractivity contribution in [2.45, 2.75) is 57.9 Å². The van der Waals surface area contributed by atoms with Crippen LogP contribution in [0.25, 0.3) is 0 Å². The molecule has 4 nitrogen and oxygen atoms in total. The molecule has 1 unspecified atom stereocenters. The monoisotopic (exact) mass is 257 g/mol. The quantitative estimate of drug-likeness (QED) is 0.535. The van der Waals surface area contributed by atoms with Gasteiger partial charge in [0.15, 0.2) is 0 Å². The Morgan fingerprint density at radius 1 is 1.39 bits per heavy atom. The van der Waals surface area contributed by atoms with Gasteiger partial charge in [0.05, 0.1) is 13.2 Å². The number of nitrogens with one attached hydrogen (secondary N) is 1. The summed E-state index contributed by atoms with van der Waals surface area (Å²) in [6.07, 6.45) is 5.99. The standard InChI is InChI=1S/C14H27NO3/c1-3-18-13(16)8-5-4-6-10-15-14(2)9-7-11-17-12-14/h15H,3-12H2,1-2H3.